The number of halogens is 3. The number of benzene rings is 2. The summed E-state index contributed by atoms with van der Waals surface area (Å²) in [4.78, 5) is 10.2. The first kappa shape index (κ1) is 15.3. The zero-order valence-electron chi connectivity index (χ0n) is 10.2. The molecule has 0 aliphatic carbocycles. The van der Waals surface area contributed by atoms with Crippen molar-refractivity contribution in [3.05, 3.63) is 73.2 Å². The zero-order valence-corrected chi connectivity index (χ0v) is 13.3. The van der Waals surface area contributed by atoms with E-state index in [0.717, 1.165) is 15.6 Å². The third-order valence-electron chi connectivity index (χ3n) is 2.86. The highest BCUT2D eigenvalue weighted by Crippen LogP contribution is 2.32. The predicted octanol–water partition coefficient (Wildman–Crippen LogP) is 5.53. The number of nitrogens with zero attached hydrogens (tertiary/aromatic N) is 1. The van der Waals surface area contributed by atoms with Gasteiger partial charge in [0.15, 0.2) is 0 Å². The monoisotopic (exact) mass is 373 g/mol. The largest absolute Gasteiger partial charge is 0.269 e. The Morgan fingerprint density at radius 1 is 1.20 bits per heavy atom. The van der Waals surface area contributed by atoms with Crippen LogP contribution >= 0.6 is 39.1 Å². The van der Waals surface area contributed by atoms with Crippen molar-refractivity contribution in [1.29, 1.82) is 0 Å². The Morgan fingerprint density at radius 3 is 2.40 bits per heavy atom. The van der Waals surface area contributed by atoms with Crippen LogP contribution in [0.2, 0.25) is 5.02 Å². The SMILES string of the molecule is O=[N+]([O-])c1ccc(CC(Cl)c2ccc(Br)cc2Cl)cc1. The highest BCUT2D eigenvalue weighted by molar-refractivity contribution is 9.10. The van der Waals surface area contributed by atoms with Gasteiger partial charge in [0.2, 0.25) is 0 Å². The Morgan fingerprint density at radius 2 is 1.85 bits per heavy atom. The van der Waals surface area contributed by atoms with Gasteiger partial charge in [0.05, 0.1) is 10.3 Å². The predicted molar refractivity (Wildman–Crippen MR) is 84.5 cm³/mol. The van der Waals surface area contributed by atoms with Crippen LogP contribution in [-0.2, 0) is 6.42 Å². The van der Waals surface area contributed by atoms with E-state index in [4.69, 9.17) is 23.2 Å². The van der Waals surface area contributed by atoms with Crippen LogP contribution in [0.3, 0.4) is 0 Å². The van der Waals surface area contributed by atoms with Crippen LogP contribution in [0.1, 0.15) is 16.5 Å². The molecule has 0 heterocycles. The summed E-state index contributed by atoms with van der Waals surface area (Å²) in [6.07, 6.45) is 0.556. The minimum atomic E-state index is -0.423. The highest BCUT2D eigenvalue weighted by Gasteiger charge is 2.14. The lowest BCUT2D eigenvalue weighted by Crippen LogP contribution is -1.97. The van der Waals surface area contributed by atoms with Gasteiger partial charge in [-0.25, -0.2) is 0 Å². The van der Waals surface area contributed by atoms with Gasteiger partial charge in [0.25, 0.3) is 5.69 Å². The van der Waals surface area contributed by atoms with Gasteiger partial charge >= 0.3 is 0 Å². The van der Waals surface area contributed by atoms with E-state index in [0.29, 0.717) is 11.4 Å². The number of nitro benzene ring substituents is 1. The van der Waals surface area contributed by atoms with E-state index < -0.39 is 4.92 Å². The van der Waals surface area contributed by atoms with Gasteiger partial charge in [-0.05, 0) is 29.7 Å². The number of rotatable bonds is 4. The fourth-order valence-electron chi connectivity index (χ4n) is 1.83. The molecule has 0 aromatic heterocycles. The number of hydrogen-bond acceptors (Lipinski definition) is 2. The van der Waals surface area contributed by atoms with E-state index in [1.807, 2.05) is 12.1 Å². The highest BCUT2D eigenvalue weighted by atomic mass is 79.9. The van der Waals surface area contributed by atoms with Crippen LogP contribution in [0.15, 0.2) is 46.9 Å². The molecule has 2 rings (SSSR count). The summed E-state index contributed by atoms with van der Waals surface area (Å²) in [5, 5.41) is 10.9. The Labute approximate surface area is 134 Å². The molecule has 0 saturated heterocycles. The lowest BCUT2D eigenvalue weighted by atomic mass is 10.0. The summed E-state index contributed by atoms with van der Waals surface area (Å²) in [7, 11) is 0. The molecule has 0 fully saturated rings. The van der Waals surface area contributed by atoms with Crippen molar-refractivity contribution >= 4 is 44.8 Å². The third-order valence-corrected chi connectivity index (χ3v) is 4.07. The van der Waals surface area contributed by atoms with Gasteiger partial charge in [-0.2, -0.15) is 0 Å². The maximum atomic E-state index is 10.6. The van der Waals surface area contributed by atoms with Crippen molar-refractivity contribution in [1.82, 2.24) is 0 Å². The minimum Gasteiger partial charge on any atom is -0.258 e. The van der Waals surface area contributed by atoms with Gasteiger partial charge in [0, 0.05) is 21.6 Å². The molecule has 1 atom stereocenters. The molecule has 2 aromatic rings. The number of hydrogen-bond donors (Lipinski definition) is 0. The number of non-ortho nitro benzene ring substituents is 1. The molecular formula is C14H10BrCl2NO2. The maximum absolute atomic E-state index is 10.6. The van der Waals surface area contributed by atoms with Crippen molar-refractivity contribution < 1.29 is 4.92 Å². The first-order valence-electron chi connectivity index (χ1n) is 5.79. The molecule has 1 unspecified atom stereocenters. The normalized spacial score (nSPS) is 12.2. The first-order chi connectivity index (χ1) is 9.47. The summed E-state index contributed by atoms with van der Waals surface area (Å²) in [6, 6.07) is 11.9. The van der Waals surface area contributed by atoms with Crippen molar-refractivity contribution in [2.24, 2.45) is 0 Å². The van der Waals surface area contributed by atoms with E-state index in [1.54, 1.807) is 18.2 Å². The second-order valence-corrected chi connectivity index (χ2v) is 6.11. The molecule has 0 bridgehead atoms. The fourth-order valence-corrected chi connectivity index (χ4v) is 3.06. The lowest BCUT2D eigenvalue weighted by Gasteiger charge is -2.12. The van der Waals surface area contributed by atoms with Gasteiger partial charge in [-0.1, -0.05) is 45.7 Å². The average molecular weight is 375 g/mol. The van der Waals surface area contributed by atoms with Crippen molar-refractivity contribution in [3.8, 4) is 0 Å². The lowest BCUT2D eigenvalue weighted by molar-refractivity contribution is -0.384. The topological polar surface area (TPSA) is 43.1 Å². The summed E-state index contributed by atoms with van der Waals surface area (Å²) in [5.74, 6) is 0. The Balaban J connectivity index is 2.14. The summed E-state index contributed by atoms with van der Waals surface area (Å²) in [5.41, 5.74) is 1.84. The second-order valence-electron chi connectivity index (χ2n) is 4.26. The van der Waals surface area contributed by atoms with Gasteiger partial charge < -0.3 is 0 Å². The quantitative estimate of drug-likeness (QED) is 0.401. The first-order valence-corrected chi connectivity index (χ1v) is 7.40. The summed E-state index contributed by atoms with van der Waals surface area (Å²) < 4.78 is 0.894. The molecule has 3 nitrogen and oxygen atoms in total. The Bertz CT molecular complexity index is 632. The zero-order chi connectivity index (χ0) is 14.7. The van der Waals surface area contributed by atoms with E-state index in [1.165, 1.54) is 12.1 Å². The van der Waals surface area contributed by atoms with Crippen LogP contribution in [0, 0.1) is 10.1 Å². The molecule has 0 spiro atoms. The molecule has 0 amide bonds. The molecule has 6 heteroatoms. The van der Waals surface area contributed by atoms with Gasteiger partial charge in [0.1, 0.15) is 0 Å². The van der Waals surface area contributed by atoms with Crippen LogP contribution in [0.25, 0.3) is 0 Å². The summed E-state index contributed by atoms with van der Waals surface area (Å²) >= 11 is 15.9. The van der Waals surface area contributed by atoms with Crippen molar-refractivity contribution in [2.75, 3.05) is 0 Å². The van der Waals surface area contributed by atoms with Crippen molar-refractivity contribution in [2.45, 2.75) is 11.8 Å². The van der Waals surface area contributed by atoms with E-state index in [-0.39, 0.29) is 11.1 Å². The molecule has 104 valence electrons. The minimum absolute atomic E-state index is 0.0709. The van der Waals surface area contributed by atoms with Crippen LogP contribution in [-0.4, -0.2) is 4.92 Å². The van der Waals surface area contributed by atoms with E-state index >= 15 is 0 Å². The van der Waals surface area contributed by atoms with Crippen molar-refractivity contribution in [3.63, 3.8) is 0 Å². The second kappa shape index (κ2) is 6.57. The molecule has 20 heavy (non-hydrogen) atoms. The standard InChI is InChI=1S/C14H10BrCl2NO2/c15-10-3-6-12(14(17)8-10)13(16)7-9-1-4-11(5-2-9)18(19)20/h1-6,8,13H,7H2. The number of nitro groups is 1. The molecule has 0 radical (unpaired) electrons. The van der Waals surface area contributed by atoms with E-state index in [9.17, 15) is 10.1 Å². The Hall–Kier alpha value is -1.10. The van der Waals surface area contributed by atoms with Gasteiger partial charge in [-0.15, -0.1) is 11.6 Å². The molecule has 0 saturated carbocycles. The molecule has 0 aliphatic heterocycles. The van der Waals surface area contributed by atoms with E-state index in [2.05, 4.69) is 15.9 Å². The average Bonchev–Trinajstić information content (AvgIpc) is 2.39. The fraction of sp³-hybridized carbons (Fsp3) is 0.143. The molecule has 0 aliphatic rings. The maximum Gasteiger partial charge on any atom is 0.269 e. The Kier molecular flexibility index (Phi) is 5.02. The molecule has 2 aromatic carbocycles. The number of alkyl halides is 1. The van der Waals surface area contributed by atoms with Crippen LogP contribution in [0.4, 0.5) is 5.69 Å². The van der Waals surface area contributed by atoms with Crippen LogP contribution in [0.5, 0.6) is 0 Å². The smallest absolute Gasteiger partial charge is 0.258 e. The molecule has 0 N–H and O–H groups in total. The third kappa shape index (κ3) is 3.72. The van der Waals surface area contributed by atoms with Gasteiger partial charge in [-0.3, -0.25) is 10.1 Å². The van der Waals surface area contributed by atoms with Crippen LogP contribution < -0.4 is 0 Å². The molecular weight excluding hydrogens is 365 g/mol. The summed E-state index contributed by atoms with van der Waals surface area (Å²) in [6.45, 7) is 0.